The van der Waals surface area contributed by atoms with Crippen LogP contribution in [0.25, 0.3) is 0 Å². The van der Waals surface area contributed by atoms with E-state index in [0.717, 1.165) is 17.7 Å². The van der Waals surface area contributed by atoms with Gasteiger partial charge in [0.15, 0.2) is 10.4 Å². The van der Waals surface area contributed by atoms with Gasteiger partial charge in [-0.3, -0.25) is 4.79 Å². The lowest BCUT2D eigenvalue weighted by Gasteiger charge is -2.05. The summed E-state index contributed by atoms with van der Waals surface area (Å²) in [5.74, 6) is -0.145. The number of furan rings is 1. The predicted octanol–water partition coefficient (Wildman–Crippen LogP) is 3.89. The average Bonchev–Trinajstić information content (AvgIpc) is 2.88. The zero-order chi connectivity index (χ0) is 14.5. The Morgan fingerprint density at radius 2 is 1.95 bits per heavy atom. The van der Waals surface area contributed by atoms with Crippen LogP contribution >= 0.6 is 15.9 Å². The number of aryl methyl sites for hydroxylation is 1. The smallest absolute Gasteiger partial charge is 0.307 e. The van der Waals surface area contributed by atoms with Gasteiger partial charge < -0.3 is 4.42 Å². The first-order valence-electron chi connectivity index (χ1n) is 6.29. The van der Waals surface area contributed by atoms with Crippen molar-refractivity contribution in [1.82, 2.24) is 5.43 Å². The summed E-state index contributed by atoms with van der Waals surface area (Å²) in [6.07, 6.45) is 0.727. The first-order chi connectivity index (χ1) is 9.60. The maximum Gasteiger partial charge on any atom is 0.307 e. The van der Waals surface area contributed by atoms with E-state index in [9.17, 15) is 4.79 Å². The number of amides is 1. The molecule has 1 aromatic heterocycles. The summed E-state index contributed by atoms with van der Waals surface area (Å²) in [5.41, 5.74) is 5.52. The van der Waals surface area contributed by atoms with Crippen LogP contribution in [0.1, 0.15) is 35.0 Å². The molecule has 0 fully saturated rings. The van der Waals surface area contributed by atoms with Gasteiger partial charge in [-0.1, -0.05) is 36.8 Å². The standard InChI is InChI=1S/C15H15BrN2O2/c1-3-12(11-6-4-10(2)5-7-11)17-18-15(19)13-8-9-14(16)20-13/h4-9H,3H2,1-2H3,(H,18,19). The van der Waals surface area contributed by atoms with Gasteiger partial charge in [0.25, 0.3) is 0 Å². The molecule has 1 amide bonds. The van der Waals surface area contributed by atoms with E-state index in [-0.39, 0.29) is 11.7 Å². The molecule has 0 aliphatic carbocycles. The van der Waals surface area contributed by atoms with Crippen molar-refractivity contribution in [3.63, 3.8) is 0 Å². The first kappa shape index (κ1) is 14.5. The van der Waals surface area contributed by atoms with Crippen LogP contribution in [0.5, 0.6) is 0 Å². The molecule has 0 bridgehead atoms. The molecule has 0 radical (unpaired) electrons. The molecule has 1 aromatic carbocycles. The summed E-state index contributed by atoms with van der Waals surface area (Å²) in [6, 6.07) is 11.3. The fourth-order valence-electron chi connectivity index (χ4n) is 1.70. The quantitative estimate of drug-likeness (QED) is 0.681. The number of nitrogens with one attached hydrogen (secondary N) is 1. The molecule has 104 valence electrons. The monoisotopic (exact) mass is 334 g/mol. The third kappa shape index (κ3) is 3.57. The third-order valence-electron chi connectivity index (χ3n) is 2.81. The number of carbonyl (C=O) groups excluding carboxylic acids is 1. The van der Waals surface area contributed by atoms with Crippen molar-refractivity contribution in [2.24, 2.45) is 5.10 Å². The number of nitrogens with zero attached hydrogens (tertiary/aromatic N) is 1. The molecule has 2 rings (SSSR count). The molecule has 1 heterocycles. The highest BCUT2D eigenvalue weighted by atomic mass is 79.9. The van der Waals surface area contributed by atoms with E-state index >= 15 is 0 Å². The third-order valence-corrected chi connectivity index (χ3v) is 3.24. The lowest BCUT2D eigenvalue weighted by Crippen LogP contribution is -2.19. The Morgan fingerprint density at radius 1 is 1.25 bits per heavy atom. The number of rotatable bonds is 4. The van der Waals surface area contributed by atoms with Crippen LogP contribution in [0, 0.1) is 6.92 Å². The highest BCUT2D eigenvalue weighted by molar-refractivity contribution is 9.10. The number of hydrogen-bond donors (Lipinski definition) is 1. The summed E-state index contributed by atoms with van der Waals surface area (Å²) in [5, 5.41) is 4.17. The Bertz CT molecular complexity index is 630. The Balaban J connectivity index is 2.11. The molecule has 1 N–H and O–H groups in total. The largest absolute Gasteiger partial charge is 0.444 e. The molecular weight excluding hydrogens is 320 g/mol. The molecule has 20 heavy (non-hydrogen) atoms. The summed E-state index contributed by atoms with van der Waals surface area (Å²) < 4.78 is 5.68. The molecule has 5 heteroatoms. The summed E-state index contributed by atoms with van der Waals surface area (Å²) >= 11 is 3.16. The zero-order valence-corrected chi connectivity index (χ0v) is 12.9. The van der Waals surface area contributed by atoms with E-state index in [2.05, 4.69) is 26.5 Å². The minimum absolute atomic E-state index is 0.222. The number of halogens is 1. The van der Waals surface area contributed by atoms with E-state index in [1.807, 2.05) is 38.1 Å². The van der Waals surface area contributed by atoms with Gasteiger partial charge in [0.05, 0.1) is 5.71 Å². The SMILES string of the molecule is CCC(=NNC(=O)c1ccc(Br)o1)c1ccc(C)cc1. The van der Waals surface area contributed by atoms with Crippen molar-refractivity contribution in [2.45, 2.75) is 20.3 Å². The fraction of sp³-hybridized carbons (Fsp3) is 0.200. The van der Waals surface area contributed by atoms with E-state index in [1.54, 1.807) is 12.1 Å². The van der Waals surface area contributed by atoms with Crippen molar-refractivity contribution in [3.05, 3.63) is 58.0 Å². The van der Waals surface area contributed by atoms with Gasteiger partial charge in [0, 0.05) is 0 Å². The summed E-state index contributed by atoms with van der Waals surface area (Å²) in [4.78, 5) is 11.8. The van der Waals surface area contributed by atoms with Crippen molar-refractivity contribution in [1.29, 1.82) is 0 Å². The minimum atomic E-state index is -0.367. The first-order valence-corrected chi connectivity index (χ1v) is 7.08. The maximum atomic E-state index is 11.8. The molecular formula is C15H15BrN2O2. The van der Waals surface area contributed by atoms with Crippen LogP contribution in [0.4, 0.5) is 0 Å². The molecule has 2 aromatic rings. The maximum absolute atomic E-state index is 11.8. The molecule has 0 aliphatic rings. The van der Waals surface area contributed by atoms with E-state index in [1.165, 1.54) is 5.56 Å². The second-order valence-electron chi connectivity index (χ2n) is 4.32. The van der Waals surface area contributed by atoms with E-state index in [0.29, 0.717) is 4.67 Å². The molecule has 0 unspecified atom stereocenters. The number of hydrogen-bond acceptors (Lipinski definition) is 3. The van der Waals surface area contributed by atoms with E-state index < -0.39 is 0 Å². The van der Waals surface area contributed by atoms with Crippen LogP contribution in [-0.2, 0) is 0 Å². The lowest BCUT2D eigenvalue weighted by molar-refractivity contribution is 0.0926. The molecule has 0 spiro atoms. The predicted molar refractivity (Wildman–Crippen MR) is 81.9 cm³/mol. The normalized spacial score (nSPS) is 11.4. The highest BCUT2D eigenvalue weighted by Gasteiger charge is 2.10. The molecule has 0 aliphatic heterocycles. The molecule has 0 saturated heterocycles. The summed E-state index contributed by atoms with van der Waals surface area (Å²) in [6.45, 7) is 4.03. The number of benzene rings is 1. The van der Waals surface area contributed by atoms with Gasteiger partial charge >= 0.3 is 5.91 Å². The Labute approximate surface area is 126 Å². The van der Waals surface area contributed by atoms with Gasteiger partial charge in [0.1, 0.15) is 0 Å². The van der Waals surface area contributed by atoms with Crippen LogP contribution in [-0.4, -0.2) is 11.6 Å². The van der Waals surface area contributed by atoms with Gasteiger partial charge in [-0.15, -0.1) is 0 Å². The zero-order valence-electron chi connectivity index (χ0n) is 11.3. The van der Waals surface area contributed by atoms with Crippen molar-refractivity contribution < 1.29 is 9.21 Å². The number of carbonyl (C=O) groups is 1. The van der Waals surface area contributed by atoms with Crippen molar-refractivity contribution >= 4 is 27.5 Å². The molecule has 4 nitrogen and oxygen atoms in total. The number of hydrazone groups is 1. The summed E-state index contributed by atoms with van der Waals surface area (Å²) in [7, 11) is 0. The molecule has 0 atom stereocenters. The Hall–Kier alpha value is -1.88. The second kappa shape index (κ2) is 6.52. The minimum Gasteiger partial charge on any atom is -0.444 e. The van der Waals surface area contributed by atoms with E-state index in [4.69, 9.17) is 4.42 Å². The fourth-order valence-corrected chi connectivity index (χ4v) is 2.01. The van der Waals surface area contributed by atoms with Gasteiger partial charge in [0.2, 0.25) is 0 Å². The Kier molecular flexibility index (Phi) is 4.74. The van der Waals surface area contributed by atoms with Crippen molar-refractivity contribution in [2.75, 3.05) is 0 Å². The average molecular weight is 335 g/mol. The topological polar surface area (TPSA) is 54.6 Å². The van der Waals surface area contributed by atoms with Crippen LogP contribution in [0.3, 0.4) is 0 Å². The van der Waals surface area contributed by atoms with Gasteiger partial charge in [-0.25, -0.2) is 5.43 Å². The van der Waals surface area contributed by atoms with Crippen LogP contribution in [0.2, 0.25) is 0 Å². The Morgan fingerprint density at radius 3 is 2.50 bits per heavy atom. The highest BCUT2D eigenvalue weighted by Crippen LogP contribution is 2.14. The van der Waals surface area contributed by atoms with Crippen LogP contribution < -0.4 is 5.43 Å². The second-order valence-corrected chi connectivity index (χ2v) is 5.10. The molecule has 0 saturated carbocycles. The van der Waals surface area contributed by atoms with Crippen molar-refractivity contribution in [3.8, 4) is 0 Å². The van der Waals surface area contributed by atoms with Crippen LogP contribution in [0.15, 0.2) is 50.6 Å². The lowest BCUT2D eigenvalue weighted by atomic mass is 10.1. The van der Waals surface area contributed by atoms with Gasteiger partial charge in [-0.2, -0.15) is 5.10 Å². The van der Waals surface area contributed by atoms with Gasteiger partial charge in [-0.05, 0) is 47.0 Å².